The molecule has 1 aliphatic rings. The van der Waals surface area contributed by atoms with Crippen LogP contribution in [0.4, 0.5) is 8.78 Å². The number of nitrogens with zero attached hydrogens (tertiary/aromatic N) is 1. The van der Waals surface area contributed by atoms with Crippen LogP contribution in [-0.2, 0) is 4.79 Å². The van der Waals surface area contributed by atoms with Crippen LogP contribution in [0.2, 0.25) is 0 Å². The SMILES string of the molecule is C=C(C)C(=Cc1cc(OC)ccc1C)C(=O)C(C)CC(CC)CN1C=C=c2ccc(C(=O)NCC(F)(F)CC)c(C)c2=C1. The number of alkyl halides is 2. The second-order valence-corrected chi connectivity index (χ2v) is 11.5. The summed E-state index contributed by atoms with van der Waals surface area (Å²) in [5, 5.41) is 4.04. The Kier molecular flexibility index (Phi) is 11.3. The molecule has 0 aliphatic carbocycles. The second kappa shape index (κ2) is 14.5. The molecule has 2 aromatic rings. The lowest BCUT2D eigenvalue weighted by Crippen LogP contribution is -2.39. The predicted octanol–water partition coefficient (Wildman–Crippen LogP) is 6.32. The molecular weight excluding hydrogens is 546 g/mol. The minimum absolute atomic E-state index is 0.0587. The maximum atomic E-state index is 13.7. The van der Waals surface area contributed by atoms with Crippen LogP contribution in [0.25, 0.3) is 18.0 Å². The van der Waals surface area contributed by atoms with E-state index >= 15 is 0 Å². The number of hydrogen-bond acceptors (Lipinski definition) is 4. The monoisotopic (exact) mass is 590 g/mol. The van der Waals surface area contributed by atoms with Crippen LogP contribution in [0.5, 0.6) is 5.75 Å². The number of carbonyl (C=O) groups is 2. The van der Waals surface area contributed by atoms with E-state index in [0.29, 0.717) is 29.7 Å². The van der Waals surface area contributed by atoms with Gasteiger partial charge in [-0.05, 0) is 85.7 Å². The van der Waals surface area contributed by atoms with E-state index in [0.717, 1.165) is 39.3 Å². The van der Waals surface area contributed by atoms with Crippen LogP contribution in [0.3, 0.4) is 0 Å². The van der Waals surface area contributed by atoms with E-state index < -0.39 is 18.4 Å². The lowest BCUT2D eigenvalue weighted by atomic mass is 9.85. The summed E-state index contributed by atoms with van der Waals surface area (Å²) >= 11 is 0. The number of rotatable bonds is 14. The van der Waals surface area contributed by atoms with Crippen LogP contribution in [0, 0.1) is 25.7 Å². The number of fused-ring (bicyclic) bond motifs is 1. The van der Waals surface area contributed by atoms with Crippen molar-refractivity contribution in [3.05, 3.63) is 86.9 Å². The van der Waals surface area contributed by atoms with Crippen molar-refractivity contribution in [2.45, 2.75) is 66.7 Å². The summed E-state index contributed by atoms with van der Waals surface area (Å²) in [5.74, 6) is -2.69. The van der Waals surface area contributed by atoms with Crippen molar-refractivity contribution in [3.8, 4) is 5.75 Å². The van der Waals surface area contributed by atoms with Crippen molar-refractivity contribution >= 4 is 29.7 Å². The molecule has 43 heavy (non-hydrogen) atoms. The fourth-order valence-corrected chi connectivity index (χ4v) is 5.16. The van der Waals surface area contributed by atoms with E-state index in [1.54, 1.807) is 19.2 Å². The highest BCUT2D eigenvalue weighted by Crippen LogP contribution is 2.27. The van der Waals surface area contributed by atoms with E-state index in [2.05, 4.69) is 24.6 Å². The Labute approximate surface area is 254 Å². The number of carbonyl (C=O) groups excluding carboxylic acids is 2. The minimum Gasteiger partial charge on any atom is -0.497 e. The van der Waals surface area contributed by atoms with Gasteiger partial charge >= 0.3 is 0 Å². The molecule has 7 heteroatoms. The van der Waals surface area contributed by atoms with Gasteiger partial charge in [0.2, 0.25) is 0 Å². The number of allylic oxidation sites excluding steroid dienone is 2. The Morgan fingerprint density at radius 3 is 2.53 bits per heavy atom. The van der Waals surface area contributed by atoms with Gasteiger partial charge in [0.15, 0.2) is 5.78 Å². The summed E-state index contributed by atoms with van der Waals surface area (Å²) in [4.78, 5) is 28.4. The number of ketones is 1. The standard InChI is InChI=1S/C36H44F2N2O3/c1-9-27(17-25(6)34(41)32(23(3)4)19-29-18-30(43-8)13-11-24(29)5)20-40-16-15-28-12-14-31(26(7)33(28)21-40)35(42)39-22-36(37,38)10-2/h11-14,16,18-19,21,25,27H,3,9-10,17,20,22H2,1-2,4-8H3,(H,39,42). The highest BCUT2D eigenvalue weighted by atomic mass is 19.3. The molecule has 2 aromatic carbocycles. The Bertz CT molecular complexity index is 1570. The first-order valence-corrected chi connectivity index (χ1v) is 14.9. The molecule has 1 heterocycles. The largest absolute Gasteiger partial charge is 0.497 e. The molecule has 0 saturated heterocycles. The van der Waals surface area contributed by atoms with Gasteiger partial charge in [0.05, 0.1) is 13.7 Å². The van der Waals surface area contributed by atoms with E-state index in [4.69, 9.17) is 4.74 Å². The van der Waals surface area contributed by atoms with E-state index in [1.165, 1.54) is 6.92 Å². The lowest BCUT2D eigenvalue weighted by molar-refractivity contribution is -0.118. The minimum atomic E-state index is -2.94. The van der Waals surface area contributed by atoms with Gasteiger partial charge in [-0.15, -0.1) is 0 Å². The van der Waals surface area contributed by atoms with Crippen molar-refractivity contribution in [2.24, 2.45) is 11.8 Å². The first kappa shape index (κ1) is 33.5. The zero-order valence-electron chi connectivity index (χ0n) is 26.4. The van der Waals surface area contributed by atoms with Gasteiger partial charge in [0.1, 0.15) is 5.75 Å². The Morgan fingerprint density at radius 2 is 1.91 bits per heavy atom. The Hall–Kier alpha value is -3.96. The highest BCUT2D eigenvalue weighted by molar-refractivity contribution is 6.04. The van der Waals surface area contributed by atoms with Crippen molar-refractivity contribution in [3.63, 3.8) is 0 Å². The molecule has 0 saturated carbocycles. The zero-order valence-corrected chi connectivity index (χ0v) is 26.4. The molecule has 0 bridgehead atoms. The van der Waals surface area contributed by atoms with E-state index in [-0.39, 0.29) is 24.0 Å². The topological polar surface area (TPSA) is 58.6 Å². The summed E-state index contributed by atoms with van der Waals surface area (Å²) < 4.78 is 32.8. The van der Waals surface area contributed by atoms with Crippen LogP contribution in [0.15, 0.2) is 54.3 Å². The van der Waals surface area contributed by atoms with Crippen LogP contribution >= 0.6 is 0 Å². The summed E-state index contributed by atoms with van der Waals surface area (Å²) in [7, 11) is 1.62. The van der Waals surface area contributed by atoms with Gasteiger partial charge in [-0.1, -0.05) is 45.6 Å². The van der Waals surface area contributed by atoms with Crippen molar-refractivity contribution in [1.82, 2.24) is 10.2 Å². The van der Waals surface area contributed by atoms with Gasteiger partial charge in [-0.3, -0.25) is 9.59 Å². The van der Waals surface area contributed by atoms with E-state index in [9.17, 15) is 18.4 Å². The number of methoxy groups -OCH3 is 1. The van der Waals surface area contributed by atoms with Gasteiger partial charge in [0.25, 0.3) is 11.8 Å². The number of aryl methyl sites for hydroxylation is 1. The second-order valence-electron chi connectivity index (χ2n) is 11.5. The number of Topliss-reactive ketones (excluding diaryl/α,β-unsaturated/α-hetero) is 1. The lowest BCUT2D eigenvalue weighted by Gasteiger charge is -2.26. The first-order valence-electron chi connectivity index (χ1n) is 14.9. The molecule has 1 N–H and O–H groups in total. The average molecular weight is 591 g/mol. The molecular formula is C36H44F2N2O3. The summed E-state index contributed by atoms with van der Waals surface area (Å²) in [6.07, 6.45) is 6.98. The predicted molar refractivity (Wildman–Crippen MR) is 170 cm³/mol. The average Bonchev–Trinajstić information content (AvgIpc) is 2.99. The molecule has 0 spiro atoms. The molecule has 2 unspecified atom stereocenters. The fraction of sp³-hybridized carbons (Fsp3) is 0.417. The van der Waals surface area contributed by atoms with Gasteiger partial charge in [-0.25, -0.2) is 8.78 Å². The van der Waals surface area contributed by atoms with Crippen LogP contribution < -0.4 is 20.5 Å². The number of nitrogens with one attached hydrogen (secondary N) is 1. The smallest absolute Gasteiger partial charge is 0.264 e. The highest BCUT2D eigenvalue weighted by Gasteiger charge is 2.27. The van der Waals surface area contributed by atoms with Crippen LogP contribution in [0.1, 0.15) is 74.0 Å². The third-order valence-corrected chi connectivity index (χ3v) is 8.16. The Morgan fingerprint density at radius 1 is 1.19 bits per heavy atom. The number of ether oxygens (including phenoxy) is 1. The third kappa shape index (κ3) is 8.55. The normalized spacial score (nSPS) is 14.3. The summed E-state index contributed by atoms with van der Waals surface area (Å²) in [6, 6.07) is 9.24. The quantitative estimate of drug-likeness (QED) is 0.207. The molecule has 2 atom stereocenters. The van der Waals surface area contributed by atoms with Gasteiger partial charge in [0, 0.05) is 52.9 Å². The zero-order chi connectivity index (χ0) is 31.9. The van der Waals surface area contributed by atoms with E-state index in [1.807, 2.05) is 69.3 Å². The number of amides is 1. The van der Waals surface area contributed by atoms with Gasteiger partial charge in [-0.2, -0.15) is 0 Å². The molecule has 5 nitrogen and oxygen atoms in total. The Balaban J connectivity index is 1.78. The maximum Gasteiger partial charge on any atom is 0.264 e. The van der Waals surface area contributed by atoms with Crippen molar-refractivity contribution in [1.29, 1.82) is 0 Å². The third-order valence-electron chi connectivity index (χ3n) is 8.16. The number of hydrogen-bond donors (Lipinski definition) is 1. The van der Waals surface area contributed by atoms with Crippen molar-refractivity contribution < 1.29 is 23.1 Å². The molecule has 0 aromatic heterocycles. The summed E-state index contributed by atoms with van der Waals surface area (Å²) in [5.41, 5.74) is 7.67. The van der Waals surface area contributed by atoms with Gasteiger partial charge < -0.3 is 15.0 Å². The van der Waals surface area contributed by atoms with Crippen molar-refractivity contribution in [2.75, 3.05) is 20.2 Å². The molecule has 1 aliphatic heterocycles. The maximum absolute atomic E-state index is 13.7. The molecule has 0 radical (unpaired) electrons. The first-order chi connectivity index (χ1) is 20.3. The fourth-order valence-electron chi connectivity index (χ4n) is 5.16. The molecule has 1 amide bonds. The van der Waals surface area contributed by atoms with Crippen LogP contribution in [-0.4, -0.2) is 42.7 Å². The number of halogens is 2. The number of benzene rings is 2. The molecule has 0 fully saturated rings. The molecule has 230 valence electrons. The molecule has 3 rings (SSSR count). The summed E-state index contributed by atoms with van der Waals surface area (Å²) in [6.45, 7) is 15.2.